The smallest absolute Gasteiger partial charge is 0.0876 e. The molecule has 0 radical (unpaired) electrons. The maximum absolute atomic E-state index is 9.37. The molecule has 0 saturated heterocycles. The van der Waals surface area contributed by atoms with Crippen molar-refractivity contribution in [2.45, 2.75) is 31.8 Å². The molecule has 0 fully saturated rings. The van der Waals surface area contributed by atoms with Crippen LogP contribution in [0.5, 0.6) is 0 Å². The summed E-state index contributed by atoms with van der Waals surface area (Å²) in [5.41, 5.74) is 2.44. The molecule has 2 aromatic rings. The minimum atomic E-state index is 0.0851. The van der Waals surface area contributed by atoms with E-state index in [0.29, 0.717) is 12.6 Å². The molecule has 0 aliphatic heterocycles. The van der Waals surface area contributed by atoms with Crippen LogP contribution in [0.2, 0.25) is 0 Å². The molecule has 0 aromatic heterocycles. The molecular weight excluding hydrogens is 280 g/mol. The quantitative estimate of drug-likeness (QED) is 0.509. The molecule has 0 aliphatic carbocycles. The van der Waals surface area contributed by atoms with Gasteiger partial charge in [-0.1, -0.05) is 73.7 Å². The molecule has 0 unspecified atom stereocenters. The third-order valence-electron chi connectivity index (χ3n) is 4.19. The van der Waals surface area contributed by atoms with Gasteiger partial charge in [-0.15, -0.1) is 6.58 Å². The lowest BCUT2D eigenvalue weighted by Crippen LogP contribution is -2.38. The minimum absolute atomic E-state index is 0.0851. The summed E-state index contributed by atoms with van der Waals surface area (Å²) in [5.74, 6) is 0. The van der Waals surface area contributed by atoms with Crippen molar-refractivity contribution in [1.29, 1.82) is 5.26 Å². The zero-order valence-electron chi connectivity index (χ0n) is 13.7. The zero-order valence-corrected chi connectivity index (χ0v) is 13.7. The molecule has 0 aliphatic rings. The van der Waals surface area contributed by atoms with Gasteiger partial charge in [-0.3, -0.25) is 4.90 Å². The van der Waals surface area contributed by atoms with Crippen LogP contribution in [0.3, 0.4) is 0 Å². The summed E-state index contributed by atoms with van der Waals surface area (Å²) in [5, 5.41) is 9.37. The average molecular weight is 304 g/mol. The fourth-order valence-corrected chi connectivity index (χ4v) is 3.09. The molecule has 0 amide bonds. The van der Waals surface area contributed by atoms with Gasteiger partial charge in [-0.25, -0.2) is 0 Å². The lowest BCUT2D eigenvalue weighted by Gasteiger charge is -2.36. The van der Waals surface area contributed by atoms with Crippen LogP contribution in [-0.4, -0.2) is 17.5 Å². The predicted octanol–water partition coefficient (Wildman–Crippen LogP) is 4.96. The molecule has 2 nitrogen and oxygen atoms in total. The third kappa shape index (κ3) is 4.31. The zero-order chi connectivity index (χ0) is 16.5. The van der Waals surface area contributed by atoms with E-state index in [1.807, 2.05) is 18.2 Å². The van der Waals surface area contributed by atoms with Crippen LogP contribution in [0, 0.1) is 11.3 Å². The lowest BCUT2D eigenvalue weighted by molar-refractivity contribution is 0.172. The number of nitrogens with zero attached hydrogens (tertiary/aromatic N) is 2. The van der Waals surface area contributed by atoms with Gasteiger partial charge in [-0.05, 0) is 24.0 Å². The monoisotopic (exact) mass is 304 g/mol. The molecule has 23 heavy (non-hydrogen) atoms. The van der Waals surface area contributed by atoms with Gasteiger partial charge in [0.05, 0.1) is 18.7 Å². The van der Waals surface area contributed by atoms with Gasteiger partial charge in [0.1, 0.15) is 0 Å². The first-order chi connectivity index (χ1) is 11.3. The van der Waals surface area contributed by atoms with Crippen molar-refractivity contribution in [3.8, 4) is 6.07 Å². The molecule has 2 aromatic carbocycles. The van der Waals surface area contributed by atoms with E-state index in [0.717, 1.165) is 12.8 Å². The maximum Gasteiger partial charge on any atom is 0.0876 e. The number of hydrogen-bond donors (Lipinski definition) is 0. The molecule has 2 heteroatoms. The topological polar surface area (TPSA) is 27.0 Å². The first-order valence-electron chi connectivity index (χ1n) is 8.15. The predicted molar refractivity (Wildman–Crippen MR) is 95.9 cm³/mol. The second-order valence-corrected chi connectivity index (χ2v) is 5.64. The Hall–Kier alpha value is -2.37. The normalized spacial score (nSPS) is 12.1. The fraction of sp³-hybridized carbons (Fsp3) is 0.286. The summed E-state index contributed by atoms with van der Waals surface area (Å²) in [7, 11) is 0. The lowest BCUT2D eigenvalue weighted by atomic mass is 9.94. The highest BCUT2D eigenvalue weighted by Gasteiger charge is 2.27. The van der Waals surface area contributed by atoms with Gasteiger partial charge in [0.2, 0.25) is 0 Å². The van der Waals surface area contributed by atoms with Crippen molar-refractivity contribution < 1.29 is 0 Å². The molecule has 1 atom stereocenters. The number of hydrogen-bond acceptors (Lipinski definition) is 2. The molecule has 0 bridgehead atoms. The fourth-order valence-electron chi connectivity index (χ4n) is 3.09. The summed E-state index contributed by atoms with van der Waals surface area (Å²) in [6, 6.07) is 23.6. The van der Waals surface area contributed by atoms with Gasteiger partial charge in [0.15, 0.2) is 0 Å². The van der Waals surface area contributed by atoms with E-state index in [1.165, 1.54) is 11.1 Å². The summed E-state index contributed by atoms with van der Waals surface area (Å²) in [4.78, 5) is 2.30. The summed E-state index contributed by atoms with van der Waals surface area (Å²) in [6.45, 7) is 6.46. The summed E-state index contributed by atoms with van der Waals surface area (Å²) in [6.07, 6.45) is 3.82. The molecule has 118 valence electrons. The second-order valence-electron chi connectivity index (χ2n) is 5.64. The van der Waals surface area contributed by atoms with Gasteiger partial charge in [0.25, 0.3) is 0 Å². The third-order valence-corrected chi connectivity index (χ3v) is 4.19. The Kier molecular flexibility index (Phi) is 6.59. The Morgan fingerprint density at radius 2 is 1.57 bits per heavy atom. The maximum atomic E-state index is 9.37. The highest BCUT2D eigenvalue weighted by molar-refractivity contribution is 5.32. The first kappa shape index (κ1) is 17.0. The van der Waals surface area contributed by atoms with Crippen molar-refractivity contribution >= 4 is 0 Å². The Morgan fingerprint density at radius 3 is 1.96 bits per heavy atom. The summed E-state index contributed by atoms with van der Waals surface area (Å²) < 4.78 is 0. The second kappa shape index (κ2) is 8.92. The van der Waals surface area contributed by atoms with Crippen LogP contribution < -0.4 is 0 Å². The number of nitriles is 1. The van der Waals surface area contributed by atoms with Gasteiger partial charge < -0.3 is 0 Å². The van der Waals surface area contributed by atoms with Crippen molar-refractivity contribution in [3.63, 3.8) is 0 Å². The van der Waals surface area contributed by atoms with E-state index >= 15 is 0 Å². The van der Waals surface area contributed by atoms with Crippen molar-refractivity contribution in [1.82, 2.24) is 4.90 Å². The van der Waals surface area contributed by atoms with E-state index in [1.54, 1.807) is 0 Å². The highest BCUT2D eigenvalue weighted by Crippen LogP contribution is 2.31. The Morgan fingerprint density at radius 1 is 1.04 bits per heavy atom. The molecule has 0 heterocycles. The van der Waals surface area contributed by atoms with Crippen LogP contribution in [0.25, 0.3) is 0 Å². The van der Waals surface area contributed by atoms with Crippen molar-refractivity contribution in [2.24, 2.45) is 0 Å². The molecule has 0 N–H and O–H groups in total. The van der Waals surface area contributed by atoms with Crippen LogP contribution in [0.1, 0.15) is 36.9 Å². The van der Waals surface area contributed by atoms with Gasteiger partial charge in [0, 0.05) is 6.04 Å². The van der Waals surface area contributed by atoms with Crippen LogP contribution in [-0.2, 0) is 0 Å². The van der Waals surface area contributed by atoms with Crippen molar-refractivity contribution in [3.05, 3.63) is 84.4 Å². The Balaban J connectivity index is 2.49. The van der Waals surface area contributed by atoms with Crippen LogP contribution in [0.15, 0.2) is 73.3 Å². The Bertz CT molecular complexity index is 588. The average Bonchev–Trinajstić information content (AvgIpc) is 2.61. The van der Waals surface area contributed by atoms with Gasteiger partial charge >= 0.3 is 0 Å². The van der Waals surface area contributed by atoms with E-state index in [9.17, 15) is 5.26 Å². The summed E-state index contributed by atoms with van der Waals surface area (Å²) >= 11 is 0. The highest BCUT2D eigenvalue weighted by atomic mass is 15.2. The van der Waals surface area contributed by atoms with Gasteiger partial charge in [-0.2, -0.15) is 5.26 Å². The SMILES string of the molecule is C=CC[C@@H](CC)N(CC#N)C(c1ccccc1)c1ccccc1. The molecule has 2 rings (SSSR count). The largest absolute Gasteiger partial charge is 0.276 e. The van der Waals surface area contributed by atoms with Crippen LogP contribution in [0.4, 0.5) is 0 Å². The standard InChI is InChI=1S/C21H24N2/c1-3-11-20(4-2)23(17-16-22)21(18-12-7-5-8-13-18)19-14-9-6-10-15-19/h3,5-10,12-15,20-21H,1,4,11,17H2,2H3/t20-/m1/s1. The molecule has 0 spiro atoms. The number of rotatable bonds is 8. The van der Waals surface area contributed by atoms with E-state index in [2.05, 4.69) is 73.0 Å². The van der Waals surface area contributed by atoms with E-state index in [-0.39, 0.29) is 6.04 Å². The van der Waals surface area contributed by atoms with E-state index < -0.39 is 0 Å². The number of benzene rings is 2. The first-order valence-corrected chi connectivity index (χ1v) is 8.15. The molecular formula is C21H24N2. The minimum Gasteiger partial charge on any atom is -0.276 e. The Labute approximate surface area is 139 Å². The van der Waals surface area contributed by atoms with Crippen molar-refractivity contribution in [2.75, 3.05) is 6.54 Å². The van der Waals surface area contributed by atoms with E-state index in [4.69, 9.17) is 0 Å². The molecule has 0 saturated carbocycles. The van der Waals surface area contributed by atoms with Crippen LogP contribution >= 0.6 is 0 Å².